The molecule has 5 nitrogen and oxygen atoms in total. The van der Waals surface area contributed by atoms with Gasteiger partial charge in [-0.05, 0) is 36.4 Å². The third kappa shape index (κ3) is 5.46. The van der Waals surface area contributed by atoms with Crippen molar-refractivity contribution in [3.8, 4) is 0 Å². The monoisotopic (exact) mass is 431 g/mol. The van der Waals surface area contributed by atoms with Crippen LogP contribution in [-0.2, 0) is 16.2 Å². The van der Waals surface area contributed by atoms with Crippen LogP contribution in [0.4, 0.5) is 23.2 Å². The van der Waals surface area contributed by atoms with Crippen molar-refractivity contribution >= 4 is 15.7 Å². The molecule has 1 fully saturated rings. The Labute approximate surface area is 167 Å². The molecule has 0 atom stereocenters. The zero-order valence-electron chi connectivity index (χ0n) is 15.5. The summed E-state index contributed by atoms with van der Waals surface area (Å²) in [7, 11) is -3.89. The Morgan fingerprint density at radius 2 is 1.55 bits per heavy atom. The van der Waals surface area contributed by atoms with E-state index in [-0.39, 0.29) is 17.3 Å². The highest BCUT2D eigenvalue weighted by molar-refractivity contribution is 7.89. The highest BCUT2D eigenvalue weighted by Crippen LogP contribution is 2.29. The van der Waals surface area contributed by atoms with Gasteiger partial charge in [-0.3, -0.25) is 4.90 Å². The van der Waals surface area contributed by atoms with E-state index in [0.29, 0.717) is 38.4 Å². The maximum absolute atomic E-state index is 13.9. The Morgan fingerprint density at radius 3 is 2.14 bits per heavy atom. The molecule has 0 radical (unpaired) electrons. The standard InChI is InChI=1S/C19H21F4N3O2S/c20-17-3-1-2-4-18(17)26-13-11-25(12-14-26)10-9-24-29(27,28)16-7-5-15(6-8-16)19(21,22)23/h1-8,24H,9-14H2. The van der Waals surface area contributed by atoms with Gasteiger partial charge in [0, 0.05) is 39.3 Å². The topological polar surface area (TPSA) is 52.7 Å². The lowest BCUT2D eigenvalue weighted by molar-refractivity contribution is -0.137. The first-order valence-electron chi connectivity index (χ1n) is 9.05. The van der Waals surface area contributed by atoms with E-state index in [0.717, 1.165) is 24.3 Å². The predicted octanol–water partition coefficient (Wildman–Crippen LogP) is 2.95. The van der Waals surface area contributed by atoms with Gasteiger partial charge in [0.15, 0.2) is 0 Å². The highest BCUT2D eigenvalue weighted by Gasteiger charge is 2.30. The van der Waals surface area contributed by atoms with Crippen molar-refractivity contribution in [3.63, 3.8) is 0 Å². The van der Waals surface area contributed by atoms with E-state index in [4.69, 9.17) is 0 Å². The number of piperazine rings is 1. The van der Waals surface area contributed by atoms with Crippen LogP contribution in [-0.4, -0.2) is 52.6 Å². The normalized spacial score (nSPS) is 16.2. The second kappa shape index (κ2) is 8.68. The maximum atomic E-state index is 13.9. The number of nitrogens with zero attached hydrogens (tertiary/aromatic N) is 2. The van der Waals surface area contributed by atoms with Gasteiger partial charge in [-0.1, -0.05) is 12.1 Å². The van der Waals surface area contributed by atoms with Gasteiger partial charge in [-0.2, -0.15) is 13.2 Å². The third-order valence-electron chi connectivity index (χ3n) is 4.78. The molecule has 158 valence electrons. The van der Waals surface area contributed by atoms with Gasteiger partial charge < -0.3 is 4.90 Å². The molecule has 10 heteroatoms. The van der Waals surface area contributed by atoms with Gasteiger partial charge in [0.2, 0.25) is 10.0 Å². The van der Waals surface area contributed by atoms with E-state index in [2.05, 4.69) is 4.72 Å². The quantitative estimate of drug-likeness (QED) is 0.715. The largest absolute Gasteiger partial charge is 0.416 e. The zero-order valence-corrected chi connectivity index (χ0v) is 16.3. The number of hydrogen-bond acceptors (Lipinski definition) is 4. The van der Waals surface area contributed by atoms with E-state index in [1.165, 1.54) is 6.07 Å². The molecule has 0 spiro atoms. The fourth-order valence-corrected chi connectivity index (χ4v) is 4.19. The molecule has 0 saturated carbocycles. The Bertz CT molecular complexity index is 925. The number of benzene rings is 2. The van der Waals surface area contributed by atoms with Crippen molar-refractivity contribution in [3.05, 3.63) is 59.9 Å². The van der Waals surface area contributed by atoms with E-state index in [1.54, 1.807) is 18.2 Å². The Hall–Kier alpha value is -2.17. The average molecular weight is 431 g/mol. The first-order chi connectivity index (χ1) is 13.7. The first kappa shape index (κ1) is 21.5. The van der Waals surface area contributed by atoms with Gasteiger partial charge in [-0.15, -0.1) is 0 Å². The van der Waals surface area contributed by atoms with E-state index in [9.17, 15) is 26.0 Å². The molecule has 1 heterocycles. The molecule has 0 aliphatic carbocycles. The summed E-state index contributed by atoms with van der Waals surface area (Å²) < 4.78 is 78.5. The van der Waals surface area contributed by atoms with Gasteiger partial charge in [0.05, 0.1) is 16.1 Å². The number of sulfonamides is 1. The Kier molecular flexibility index (Phi) is 6.45. The van der Waals surface area contributed by atoms with Crippen molar-refractivity contribution in [1.82, 2.24) is 9.62 Å². The minimum Gasteiger partial charge on any atom is -0.367 e. The Morgan fingerprint density at radius 1 is 0.931 bits per heavy atom. The zero-order chi connectivity index (χ0) is 21.1. The van der Waals surface area contributed by atoms with Crippen LogP contribution < -0.4 is 9.62 Å². The summed E-state index contributed by atoms with van der Waals surface area (Å²) in [6.45, 7) is 3.11. The molecule has 2 aromatic rings. The summed E-state index contributed by atoms with van der Waals surface area (Å²) in [5.41, 5.74) is -0.348. The van der Waals surface area contributed by atoms with Crippen molar-refractivity contribution in [2.75, 3.05) is 44.2 Å². The van der Waals surface area contributed by atoms with Crippen LogP contribution in [0.25, 0.3) is 0 Å². The summed E-state index contributed by atoms with van der Waals surface area (Å²) >= 11 is 0. The first-order valence-corrected chi connectivity index (χ1v) is 10.5. The van der Waals surface area contributed by atoms with Crippen LogP contribution in [0.1, 0.15) is 5.56 Å². The number of rotatable bonds is 6. The van der Waals surface area contributed by atoms with Crippen molar-refractivity contribution < 1.29 is 26.0 Å². The highest BCUT2D eigenvalue weighted by atomic mass is 32.2. The van der Waals surface area contributed by atoms with Crippen LogP contribution in [0.15, 0.2) is 53.4 Å². The number of anilines is 1. The number of para-hydroxylation sites is 1. The third-order valence-corrected chi connectivity index (χ3v) is 6.25. The molecule has 0 unspecified atom stereocenters. The molecule has 0 aromatic heterocycles. The van der Waals surface area contributed by atoms with Crippen molar-refractivity contribution in [2.45, 2.75) is 11.1 Å². The minimum absolute atomic E-state index is 0.128. The average Bonchev–Trinajstić information content (AvgIpc) is 2.68. The smallest absolute Gasteiger partial charge is 0.367 e. The van der Waals surface area contributed by atoms with E-state index in [1.807, 2.05) is 9.80 Å². The van der Waals surface area contributed by atoms with Gasteiger partial charge in [-0.25, -0.2) is 17.5 Å². The summed E-state index contributed by atoms with van der Waals surface area (Å²) in [6.07, 6.45) is -4.51. The van der Waals surface area contributed by atoms with Crippen LogP contribution in [0.3, 0.4) is 0 Å². The van der Waals surface area contributed by atoms with Gasteiger partial charge in [0.1, 0.15) is 5.82 Å². The molecule has 2 aromatic carbocycles. The van der Waals surface area contributed by atoms with Crippen molar-refractivity contribution in [1.29, 1.82) is 0 Å². The molecule has 3 rings (SSSR count). The molecular weight excluding hydrogens is 410 g/mol. The fraction of sp³-hybridized carbons (Fsp3) is 0.368. The van der Waals surface area contributed by atoms with Crippen LogP contribution in [0.2, 0.25) is 0 Å². The number of hydrogen-bond donors (Lipinski definition) is 1. The molecular formula is C19H21F4N3O2S. The summed E-state index contributed by atoms with van der Waals surface area (Å²) in [4.78, 5) is 3.78. The molecule has 1 saturated heterocycles. The molecule has 0 amide bonds. The van der Waals surface area contributed by atoms with E-state index < -0.39 is 21.8 Å². The molecule has 1 aliphatic heterocycles. The van der Waals surface area contributed by atoms with Gasteiger partial charge in [0.25, 0.3) is 0 Å². The molecule has 1 aliphatic rings. The molecule has 0 bridgehead atoms. The SMILES string of the molecule is O=S(=O)(NCCN1CCN(c2ccccc2F)CC1)c1ccc(C(F)(F)F)cc1. The lowest BCUT2D eigenvalue weighted by atomic mass is 10.2. The second-order valence-corrected chi connectivity index (χ2v) is 8.47. The number of halogens is 4. The second-order valence-electron chi connectivity index (χ2n) is 6.70. The summed E-state index contributed by atoms with van der Waals surface area (Å²) in [5, 5.41) is 0. The summed E-state index contributed by atoms with van der Waals surface area (Å²) in [6, 6.07) is 9.93. The lowest BCUT2D eigenvalue weighted by Gasteiger charge is -2.36. The van der Waals surface area contributed by atoms with Gasteiger partial charge >= 0.3 is 6.18 Å². The van der Waals surface area contributed by atoms with E-state index >= 15 is 0 Å². The molecule has 29 heavy (non-hydrogen) atoms. The lowest BCUT2D eigenvalue weighted by Crippen LogP contribution is -2.48. The molecule has 1 N–H and O–H groups in total. The van der Waals surface area contributed by atoms with Crippen LogP contribution >= 0.6 is 0 Å². The minimum atomic E-state index is -4.51. The Balaban J connectivity index is 1.48. The van der Waals surface area contributed by atoms with Crippen molar-refractivity contribution in [2.24, 2.45) is 0 Å². The number of nitrogens with one attached hydrogen (secondary N) is 1. The van der Waals surface area contributed by atoms with Crippen LogP contribution in [0, 0.1) is 5.82 Å². The number of alkyl halides is 3. The maximum Gasteiger partial charge on any atom is 0.416 e. The van der Waals surface area contributed by atoms with Crippen LogP contribution in [0.5, 0.6) is 0 Å². The fourth-order valence-electron chi connectivity index (χ4n) is 3.17. The summed E-state index contributed by atoms with van der Waals surface area (Å²) in [5.74, 6) is -0.273. The predicted molar refractivity (Wildman–Crippen MR) is 102 cm³/mol.